The van der Waals surface area contributed by atoms with Gasteiger partial charge in [0.05, 0.1) is 12.1 Å². The van der Waals surface area contributed by atoms with E-state index in [2.05, 4.69) is 4.98 Å². The van der Waals surface area contributed by atoms with Gasteiger partial charge in [0.2, 0.25) is 11.8 Å². The number of pyridine rings is 1. The van der Waals surface area contributed by atoms with Crippen LogP contribution in [0.15, 0.2) is 35.8 Å². The third-order valence-corrected chi connectivity index (χ3v) is 8.80. The van der Waals surface area contributed by atoms with Crippen molar-refractivity contribution < 1.29 is 24.2 Å². The van der Waals surface area contributed by atoms with Gasteiger partial charge in [-0.25, -0.2) is 9.97 Å². The molecule has 1 unspecified atom stereocenters. The third kappa shape index (κ3) is 6.04. The van der Waals surface area contributed by atoms with Crippen molar-refractivity contribution in [1.29, 1.82) is 0 Å². The standard InChI is InChI=1S/C29H31ClN4O5S/c1-33-25(35)6-3-18-12-20(15-31-27(18)33)22-5-4-21(30)14-23(22)24-16-40-29(32-24)34(2)28(38)19(13-26(36)37)11-17-7-9-39-10-8-17/h4-5,12,14-17,19H,3,6-11,13H2,1-2H3,(H,36,37). The monoisotopic (exact) mass is 582 g/mol. The second kappa shape index (κ2) is 12.0. The van der Waals surface area contributed by atoms with Gasteiger partial charge in [0.1, 0.15) is 5.82 Å². The van der Waals surface area contributed by atoms with E-state index in [1.807, 2.05) is 29.6 Å². The topological polar surface area (TPSA) is 113 Å². The number of rotatable bonds is 8. The van der Waals surface area contributed by atoms with Gasteiger partial charge in [0, 0.05) is 67.4 Å². The highest BCUT2D eigenvalue weighted by Crippen LogP contribution is 2.38. The molecule has 2 aliphatic rings. The molecule has 0 aliphatic carbocycles. The zero-order chi connectivity index (χ0) is 28.4. The van der Waals surface area contributed by atoms with Gasteiger partial charge in [-0.3, -0.25) is 24.2 Å². The van der Waals surface area contributed by atoms with Gasteiger partial charge in [-0.05, 0) is 60.9 Å². The van der Waals surface area contributed by atoms with Crippen molar-refractivity contribution in [3.63, 3.8) is 0 Å². The Kier molecular flexibility index (Phi) is 8.48. The number of benzene rings is 1. The summed E-state index contributed by atoms with van der Waals surface area (Å²) in [7, 11) is 3.38. The van der Waals surface area contributed by atoms with Crippen LogP contribution in [0.4, 0.5) is 10.9 Å². The van der Waals surface area contributed by atoms with E-state index < -0.39 is 11.9 Å². The molecule has 1 aromatic carbocycles. The van der Waals surface area contributed by atoms with E-state index in [0.717, 1.165) is 35.1 Å². The Morgan fingerprint density at radius 3 is 2.75 bits per heavy atom. The van der Waals surface area contributed by atoms with Crippen LogP contribution in [0.3, 0.4) is 0 Å². The number of hydrogen-bond donors (Lipinski definition) is 1. The maximum Gasteiger partial charge on any atom is 0.304 e. The molecule has 0 saturated carbocycles. The van der Waals surface area contributed by atoms with E-state index in [1.54, 1.807) is 25.2 Å². The lowest BCUT2D eigenvalue weighted by atomic mass is 9.86. The Hall–Kier alpha value is -3.34. The number of halogens is 1. The van der Waals surface area contributed by atoms with Crippen LogP contribution in [-0.2, 0) is 25.5 Å². The molecule has 3 aromatic rings. The van der Waals surface area contributed by atoms with Crippen molar-refractivity contribution >= 4 is 51.7 Å². The number of carbonyl (C=O) groups excluding carboxylic acids is 2. The van der Waals surface area contributed by atoms with Gasteiger partial charge in [-0.15, -0.1) is 11.3 Å². The summed E-state index contributed by atoms with van der Waals surface area (Å²) in [6, 6.07) is 7.62. The first-order valence-corrected chi connectivity index (χ1v) is 14.6. The van der Waals surface area contributed by atoms with Crippen LogP contribution in [0, 0.1) is 11.8 Å². The van der Waals surface area contributed by atoms with Gasteiger partial charge < -0.3 is 9.84 Å². The molecule has 0 radical (unpaired) electrons. The maximum absolute atomic E-state index is 13.5. The first-order valence-electron chi connectivity index (χ1n) is 13.3. The molecule has 9 nitrogen and oxygen atoms in total. The lowest BCUT2D eigenvalue weighted by Gasteiger charge is -2.27. The fourth-order valence-electron chi connectivity index (χ4n) is 5.42. The Labute approximate surface area is 241 Å². The molecule has 2 aliphatic heterocycles. The first kappa shape index (κ1) is 28.2. The highest BCUT2D eigenvalue weighted by atomic mass is 35.5. The molecule has 2 aromatic heterocycles. The van der Waals surface area contributed by atoms with E-state index in [9.17, 15) is 19.5 Å². The molecule has 40 heavy (non-hydrogen) atoms. The average Bonchev–Trinajstić information content (AvgIpc) is 3.44. The number of hydrogen-bond acceptors (Lipinski definition) is 7. The number of fused-ring (bicyclic) bond motifs is 1. The van der Waals surface area contributed by atoms with Crippen molar-refractivity contribution in [3.8, 4) is 22.4 Å². The number of carbonyl (C=O) groups is 3. The second-order valence-corrected chi connectivity index (χ2v) is 11.6. The highest BCUT2D eigenvalue weighted by Gasteiger charge is 2.30. The Bertz CT molecular complexity index is 1440. The number of anilines is 2. The fourth-order valence-corrected chi connectivity index (χ4v) is 6.39. The summed E-state index contributed by atoms with van der Waals surface area (Å²) in [5, 5.41) is 12.4. The van der Waals surface area contributed by atoms with E-state index in [4.69, 9.17) is 21.3 Å². The second-order valence-electron chi connectivity index (χ2n) is 10.3. The minimum Gasteiger partial charge on any atom is -0.481 e. The SMILES string of the molecule is CN(C(=O)C(CC(=O)O)CC1CCOCC1)c1nc(-c2cc(Cl)ccc2-c2cnc3c(c2)CCC(=O)N3C)cs1. The van der Waals surface area contributed by atoms with Crippen LogP contribution in [0.25, 0.3) is 22.4 Å². The van der Waals surface area contributed by atoms with Gasteiger partial charge in [0.15, 0.2) is 5.13 Å². The smallest absolute Gasteiger partial charge is 0.304 e. The molecular formula is C29H31ClN4O5S. The molecular weight excluding hydrogens is 552 g/mol. The number of aryl methyl sites for hydroxylation is 1. The molecule has 0 spiro atoms. The van der Waals surface area contributed by atoms with Crippen LogP contribution in [0.2, 0.25) is 5.02 Å². The molecule has 5 rings (SSSR count). The molecule has 1 saturated heterocycles. The van der Waals surface area contributed by atoms with Crippen LogP contribution in [0.1, 0.15) is 37.7 Å². The molecule has 11 heteroatoms. The molecule has 1 N–H and O–H groups in total. The Balaban J connectivity index is 1.41. The quantitative estimate of drug-likeness (QED) is 0.383. The van der Waals surface area contributed by atoms with Gasteiger partial charge >= 0.3 is 5.97 Å². The summed E-state index contributed by atoms with van der Waals surface area (Å²) < 4.78 is 5.42. The highest BCUT2D eigenvalue weighted by molar-refractivity contribution is 7.14. The van der Waals surface area contributed by atoms with Crippen LogP contribution >= 0.6 is 22.9 Å². The third-order valence-electron chi connectivity index (χ3n) is 7.65. The molecule has 1 atom stereocenters. The van der Waals surface area contributed by atoms with Crippen LogP contribution in [0.5, 0.6) is 0 Å². The number of carboxylic acids is 1. The number of thiazole rings is 1. The van der Waals surface area contributed by atoms with E-state index in [-0.39, 0.29) is 24.2 Å². The summed E-state index contributed by atoms with van der Waals surface area (Å²) in [5.74, 6) is -0.893. The zero-order valence-corrected chi connectivity index (χ0v) is 24.0. The van der Waals surface area contributed by atoms with Crippen molar-refractivity contribution in [2.45, 2.75) is 38.5 Å². The van der Waals surface area contributed by atoms with Crippen molar-refractivity contribution in [1.82, 2.24) is 9.97 Å². The fraction of sp³-hybridized carbons (Fsp3) is 0.414. The summed E-state index contributed by atoms with van der Waals surface area (Å²) >= 11 is 7.71. The number of ether oxygens (including phenoxy) is 1. The van der Waals surface area contributed by atoms with Gasteiger partial charge in [-0.1, -0.05) is 17.7 Å². The lowest BCUT2D eigenvalue weighted by molar-refractivity contribution is -0.141. The molecule has 0 bridgehead atoms. The minimum atomic E-state index is -0.989. The zero-order valence-electron chi connectivity index (χ0n) is 22.4. The summed E-state index contributed by atoms with van der Waals surface area (Å²) in [6.07, 6.45) is 4.77. The van der Waals surface area contributed by atoms with Crippen molar-refractivity contribution in [3.05, 3.63) is 46.4 Å². The number of aliphatic carboxylic acids is 1. The molecule has 4 heterocycles. The van der Waals surface area contributed by atoms with Gasteiger partial charge in [-0.2, -0.15) is 0 Å². The lowest BCUT2D eigenvalue weighted by Crippen LogP contribution is -2.35. The van der Waals surface area contributed by atoms with Gasteiger partial charge in [0.25, 0.3) is 0 Å². The van der Waals surface area contributed by atoms with E-state index in [1.165, 1.54) is 16.2 Å². The summed E-state index contributed by atoms with van der Waals surface area (Å²) in [4.78, 5) is 49.6. The molecule has 1 fully saturated rings. The minimum absolute atomic E-state index is 0.0481. The number of nitrogens with zero attached hydrogens (tertiary/aromatic N) is 4. The van der Waals surface area contributed by atoms with Crippen LogP contribution in [-0.4, -0.2) is 60.2 Å². The first-order chi connectivity index (χ1) is 19.2. The largest absolute Gasteiger partial charge is 0.481 e. The Morgan fingerprint density at radius 1 is 1.23 bits per heavy atom. The molecule has 2 amide bonds. The maximum atomic E-state index is 13.5. The average molecular weight is 583 g/mol. The Morgan fingerprint density at radius 2 is 2.00 bits per heavy atom. The molecule has 210 valence electrons. The summed E-state index contributed by atoms with van der Waals surface area (Å²) in [5.41, 5.74) is 4.21. The van der Waals surface area contributed by atoms with Crippen molar-refractivity contribution in [2.24, 2.45) is 11.8 Å². The number of carboxylic acid groups (broad SMARTS) is 1. The number of aromatic nitrogens is 2. The predicted octanol–water partition coefficient (Wildman–Crippen LogP) is 5.30. The van der Waals surface area contributed by atoms with E-state index >= 15 is 0 Å². The normalized spacial score (nSPS) is 16.5. The predicted molar refractivity (Wildman–Crippen MR) is 155 cm³/mol. The van der Waals surface area contributed by atoms with Crippen molar-refractivity contribution in [2.75, 3.05) is 37.1 Å². The van der Waals surface area contributed by atoms with E-state index in [0.29, 0.717) is 54.1 Å². The summed E-state index contributed by atoms with van der Waals surface area (Å²) in [6.45, 7) is 1.28. The van der Waals surface area contributed by atoms with Crippen LogP contribution < -0.4 is 9.80 Å². The number of amides is 2.